The van der Waals surface area contributed by atoms with E-state index in [0.717, 1.165) is 12.0 Å². The molecule has 3 atom stereocenters. The molecule has 4 rings (SSSR count). The summed E-state index contributed by atoms with van der Waals surface area (Å²) in [4.78, 5) is 0.458. The lowest BCUT2D eigenvalue weighted by molar-refractivity contribution is 0.448. The molecule has 2 nitrogen and oxygen atoms in total. The average Bonchev–Trinajstić information content (AvgIpc) is 2.98. The van der Waals surface area contributed by atoms with Gasteiger partial charge in [0.15, 0.2) is 9.84 Å². The number of hydrogen-bond acceptors (Lipinski definition) is 2. The first-order valence-electron chi connectivity index (χ1n) is 9.43. The molecule has 3 heteroatoms. The van der Waals surface area contributed by atoms with E-state index in [0.29, 0.717) is 10.8 Å². The normalized spacial score (nSPS) is 29.6. The standard InChI is InChI=1S/C22H26O2S/c1-17-21(16-18-10-8-9-11-18)22(17,19-12-4-2-5-13-19)25(23,24)20-14-6-3-7-15-20/h2-7,12-15,17-18,21H,8-11,16H2,1H3/t17-,21?,22?/m0/s1. The highest BCUT2D eigenvalue weighted by atomic mass is 32.2. The van der Waals surface area contributed by atoms with Crippen LogP contribution in [-0.2, 0) is 14.6 Å². The lowest BCUT2D eigenvalue weighted by Crippen LogP contribution is -2.25. The van der Waals surface area contributed by atoms with Gasteiger partial charge in [0.2, 0.25) is 0 Å². The van der Waals surface area contributed by atoms with Gasteiger partial charge in [-0.15, -0.1) is 0 Å². The van der Waals surface area contributed by atoms with E-state index in [1.54, 1.807) is 12.1 Å². The second-order valence-electron chi connectivity index (χ2n) is 7.76. The summed E-state index contributed by atoms with van der Waals surface area (Å²) in [7, 11) is -3.42. The highest BCUT2D eigenvalue weighted by Gasteiger charge is 2.70. The van der Waals surface area contributed by atoms with Gasteiger partial charge < -0.3 is 0 Å². The van der Waals surface area contributed by atoms with Gasteiger partial charge in [-0.3, -0.25) is 0 Å². The first-order chi connectivity index (χ1) is 12.1. The van der Waals surface area contributed by atoms with Crippen LogP contribution in [0.1, 0.15) is 44.6 Å². The Kier molecular flexibility index (Phi) is 4.23. The molecule has 0 heterocycles. The van der Waals surface area contributed by atoms with Crippen molar-refractivity contribution < 1.29 is 8.42 Å². The van der Waals surface area contributed by atoms with Crippen LogP contribution in [0, 0.1) is 17.8 Å². The fraction of sp³-hybridized carbons (Fsp3) is 0.455. The molecule has 2 aliphatic rings. The highest BCUT2D eigenvalue weighted by Crippen LogP contribution is 2.67. The Morgan fingerprint density at radius 2 is 1.48 bits per heavy atom. The quantitative estimate of drug-likeness (QED) is 0.739. The molecular weight excluding hydrogens is 328 g/mol. The van der Waals surface area contributed by atoms with Crippen molar-refractivity contribution in [2.45, 2.75) is 48.7 Å². The smallest absolute Gasteiger partial charge is 0.188 e. The SMILES string of the molecule is C[C@H]1C(CC2CCCC2)C1(c1ccccc1)S(=O)(=O)c1ccccc1. The zero-order chi connectivity index (χ0) is 17.5. The van der Waals surface area contributed by atoms with Crippen molar-refractivity contribution in [1.29, 1.82) is 0 Å². The molecule has 25 heavy (non-hydrogen) atoms. The minimum atomic E-state index is -3.42. The van der Waals surface area contributed by atoms with Gasteiger partial charge in [-0.1, -0.05) is 81.1 Å². The minimum absolute atomic E-state index is 0.167. The molecule has 2 aromatic rings. The van der Waals surface area contributed by atoms with Gasteiger partial charge in [-0.2, -0.15) is 0 Å². The monoisotopic (exact) mass is 354 g/mol. The van der Waals surface area contributed by atoms with Crippen LogP contribution in [-0.4, -0.2) is 8.42 Å². The molecule has 0 aliphatic heterocycles. The number of rotatable bonds is 5. The van der Waals surface area contributed by atoms with Crippen LogP contribution in [0.25, 0.3) is 0 Å². The number of hydrogen-bond donors (Lipinski definition) is 0. The van der Waals surface area contributed by atoms with E-state index in [-0.39, 0.29) is 11.8 Å². The Morgan fingerprint density at radius 3 is 2.08 bits per heavy atom. The first-order valence-corrected chi connectivity index (χ1v) is 10.9. The third kappa shape index (κ3) is 2.55. The Morgan fingerprint density at radius 1 is 0.920 bits per heavy atom. The zero-order valence-corrected chi connectivity index (χ0v) is 15.6. The summed E-state index contributed by atoms with van der Waals surface area (Å²) in [6.07, 6.45) is 6.17. The molecule has 2 saturated carbocycles. The van der Waals surface area contributed by atoms with Crippen LogP contribution >= 0.6 is 0 Å². The molecule has 0 aromatic heterocycles. The van der Waals surface area contributed by atoms with E-state index in [1.165, 1.54) is 25.7 Å². The van der Waals surface area contributed by atoms with Crippen molar-refractivity contribution in [2.75, 3.05) is 0 Å². The maximum absolute atomic E-state index is 13.7. The summed E-state index contributed by atoms with van der Waals surface area (Å²) in [6.45, 7) is 2.13. The number of sulfone groups is 1. The van der Waals surface area contributed by atoms with Crippen molar-refractivity contribution in [3.05, 3.63) is 66.2 Å². The van der Waals surface area contributed by atoms with Crippen LogP contribution < -0.4 is 0 Å². The molecule has 0 spiro atoms. The van der Waals surface area contributed by atoms with Gasteiger partial charge in [0, 0.05) is 0 Å². The Bertz CT molecular complexity index is 823. The van der Waals surface area contributed by atoms with Crippen LogP contribution in [0.3, 0.4) is 0 Å². The lowest BCUT2D eigenvalue weighted by atomic mass is 9.98. The van der Waals surface area contributed by atoms with Crippen molar-refractivity contribution in [3.8, 4) is 0 Å². The second-order valence-corrected chi connectivity index (χ2v) is 9.91. The number of benzene rings is 2. The van der Waals surface area contributed by atoms with E-state index in [9.17, 15) is 8.42 Å². The second kappa shape index (κ2) is 6.28. The molecule has 2 unspecified atom stereocenters. The van der Waals surface area contributed by atoms with Gasteiger partial charge in [0.05, 0.1) is 4.90 Å². The van der Waals surface area contributed by atoms with Crippen LogP contribution in [0.15, 0.2) is 65.6 Å². The Balaban J connectivity index is 1.78. The van der Waals surface area contributed by atoms with E-state index >= 15 is 0 Å². The molecule has 0 amide bonds. The molecule has 2 fully saturated rings. The summed E-state index contributed by atoms with van der Waals surface area (Å²) >= 11 is 0. The van der Waals surface area contributed by atoms with Crippen molar-refractivity contribution >= 4 is 9.84 Å². The van der Waals surface area contributed by atoms with E-state index in [1.807, 2.05) is 48.5 Å². The van der Waals surface area contributed by atoms with Crippen molar-refractivity contribution in [3.63, 3.8) is 0 Å². The molecule has 2 aliphatic carbocycles. The van der Waals surface area contributed by atoms with Gasteiger partial charge in [0.25, 0.3) is 0 Å². The maximum atomic E-state index is 13.7. The Hall–Kier alpha value is -1.61. The van der Waals surface area contributed by atoms with E-state index in [2.05, 4.69) is 6.92 Å². The summed E-state index contributed by atoms with van der Waals surface area (Å²) in [5.74, 6) is 1.09. The third-order valence-electron chi connectivity index (χ3n) is 6.51. The zero-order valence-electron chi connectivity index (χ0n) is 14.8. The van der Waals surface area contributed by atoms with Gasteiger partial charge in [-0.05, 0) is 41.9 Å². The largest absolute Gasteiger partial charge is 0.223 e. The van der Waals surface area contributed by atoms with Crippen LogP contribution in [0.2, 0.25) is 0 Å². The Labute approximate surface area is 151 Å². The highest BCUT2D eigenvalue weighted by molar-refractivity contribution is 7.92. The van der Waals surface area contributed by atoms with Crippen molar-refractivity contribution in [1.82, 2.24) is 0 Å². The van der Waals surface area contributed by atoms with E-state index in [4.69, 9.17) is 0 Å². The van der Waals surface area contributed by atoms with E-state index < -0.39 is 14.6 Å². The summed E-state index contributed by atoms with van der Waals surface area (Å²) in [5, 5.41) is 0. The molecule has 0 saturated heterocycles. The summed E-state index contributed by atoms with van der Waals surface area (Å²) < 4.78 is 26.7. The molecule has 0 N–H and O–H groups in total. The van der Waals surface area contributed by atoms with Crippen molar-refractivity contribution in [2.24, 2.45) is 17.8 Å². The van der Waals surface area contributed by atoms with Gasteiger partial charge in [0.1, 0.15) is 4.75 Å². The first kappa shape index (κ1) is 16.8. The molecular formula is C22H26O2S. The fourth-order valence-electron chi connectivity index (χ4n) is 5.17. The fourth-order valence-corrected chi connectivity index (χ4v) is 7.81. The summed E-state index contributed by atoms with van der Waals surface area (Å²) in [5.41, 5.74) is 0.967. The minimum Gasteiger partial charge on any atom is -0.223 e. The molecule has 0 radical (unpaired) electrons. The van der Waals surface area contributed by atoms with Gasteiger partial charge >= 0.3 is 0 Å². The van der Waals surface area contributed by atoms with Crippen LogP contribution in [0.5, 0.6) is 0 Å². The average molecular weight is 355 g/mol. The molecule has 0 bridgehead atoms. The third-order valence-corrected chi connectivity index (χ3v) is 9.20. The molecule has 132 valence electrons. The predicted molar refractivity (Wildman–Crippen MR) is 101 cm³/mol. The predicted octanol–water partition coefficient (Wildman–Crippen LogP) is 5.20. The molecule has 2 aromatic carbocycles. The lowest BCUT2D eigenvalue weighted by Gasteiger charge is -2.21. The van der Waals surface area contributed by atoms with Gasteiger partial charge in [-0.25, -0.2) is 8.42 Å². The summed E-state index contributed by atoms with van der Waals surface area (Å²) in [6, 6.07) is 18.9. The maximum Gasteiger partial charge on any atom is 0.188 e. The topological polar surface area (TPSA) is 34.1 Å². The van der Waals surface area contributed by atoms with Crippen LogP contribution in [0.4, 0.5) is 0 Å².